The van der Waals surface area contributed by atoms with E-state index >= 15 is 0 Å². The summed E-state index contributed by atoms with van der Waals surface area (Å²) in [7, 11) is 0. The highest BCUT2D eigenvalue weighted by Gasteiger charge is 2.40. The Hall–Kier alpha value is -2.95. The van der Waals surface area contributed by atoms with Crippen molar-refractivity contribution in [2.45, 2.75) is 84.6 Å². The van der Waals surface area contributed by atoms with Crippen LogP contribution in [0.2, 0.25) is 0 Å². The Morgan fingerprint density at radius 3 is 2.09 bits per heavy atom. The first-order valence-corrected chi connectivity index (χ1v) is 12.6. The minimum Gasteiger partial charge on any atom is -0.237 e. The normalized spacial score (nSPS) is 12.0. The van der Waals surface area contributed by atoms with Crippen molar-refractivity contribution in [2.24, 2.45) is 0 Å². The van der Waals surface area contributed by atoms with Crippen LogP contribution in [0.3, 0.4) is 0 Å². The van der Waals surface area contributed by atoms with Gasteiger partial charge in [-0.2, -0.15) is 5.10 Å². The van der Waals surface area contributed by atoms with Crippen molar-refractivity contribution in [3.8, 4) is 5.69 Å². The quantitative estimate of drug-likeness (QED) is 0.231. The lowest BCUT2D eigenvalue weighted by molar-refractivity contribution is 0.257. The molecular formula is C28H37N5. The Bertz CT molecular complexity index is 1160. The van der Waals surface area contributed by atoms with E-state index in [2.05, 4.69) is 90.7 Å². The van der Waals surface area contributed by atoms with Crippen LogP contribution in [0.4, 0.5) is 0 Å². The molecule has 4 rings (SSSR count). The molecule has 5 nitrogen and oxygen atoms in total. The number of fused-ring (bicyclic) bond motifs is 1. The third-order valence-corrected chi connectivity index (χ3v) is 6.90. The minimum absolute atomic E-state index is 0.262. The van der Waals surface area contributed by atoms with Crippen molar-refractivity contribution in [3.63, 3.8) is 0 Å². The predicted molar refractivity (Wildman–Crippen MR) is 136 cm³/mol. The first kappa shape index (κ1) is 23.2. The van der Waals surface area contributed by atoms with E-state index in [0.29, 0.717) is 0 Å². The number of benzene rings is 2. The molecule has 0 aliphatic rings. The average molecular weight is 444 g/mol. The third kappa shape index (κ3) is 4.46. The van der Waals surface area contributed by atoms with Crippen molar-refractivity contribution in [3.05, 3.63) is 71.5 Å². The summed E-state index contributed by atoms with van der Waals surface area (Å²) in [4.78, 5) is 0. The zero-order valence-corrected chi connectivity index (χ0v) is 20.6. The molecule has 0 amide bonds. The summed E-state index contributed by atoms with van der Waals surface area (Å²) in [6.07, 6.45) is 9.23. The van der Waals surface area contributed by atoms with Gasteiger partial charge in [-0.25, -0.2) is 9.36 Å². The molecule has 0 fully saturated rings. The molecular weight excluding hydrogens is 406 g/mol. The van der Waals surface area contributed by atoms with E-state index in [-0.39, 0.29) is 5.54 Å². The highest BCUT2D eigenvalue weighted by atomic mass is 15.5. The van der Waals surface area contributed by atoms with Gasteiger partial charge in [-0.1, -0.05) is 87.9 Å². The predicted octanol–water partition coefficient (Wildman–Crippen LogP) is 7.14. The molecule has 0 spiro atoms. The Kier molecular flexibility index (Phi) is 7.26. The van der Waals surface area contributed by atoms with E-state index in [1.807, 2.05) is 6.07 Å². The van der Waals surface area contributed by atoms with Gasteiger partial charge in [-0.3, -0.25) is 0 Å². The largest absolute Gasteiger partial charge is 0.237 e. The van der Waals surface area contributed by atoms with Crippen molar-refractivity contribution < 1.29 is 0 Å². The third-order valence-electron chi connectivity index (χ3n) is 6.90. The standard InChI is InChI=1S/C28H37N5/c1-5-7-14-20-28(21-15-8-6-2,33-26-19-13-12-18-25(26)29-31-33)27-22(3)30-32(23(27)4)24-16-10-9-11-17-24/h9-13,16-19H,5-8,14-15,20-21H2,1-4H3. The summed E-state index contributed by atoms with van der Waals surface area (Å²) >= 11 is 0. The summed E-state index contributed by atoms with van der Waals surface area (Å²) in [5.74, 6) is 0. The van der Waals surface area contributed by atoms with Gasteiger partial charge in [0.15, 0.2) is 0 Å². The maximum atomic E-state index is 5.05. The maximum Gasteiger partial charge on any atom is 0.113 e. The van der Waals surface area contributed by atoms with E-state index in [1.54, 1.807) is 0 Å². The Morgan fingerprint density at radius 1 is 0.788 bits per heavy atom. The van der Waals surface area contributed by atoms with E-state index in [9.17, 15) is 0 Å². The van der Waals surface area contributed by atoms with Crippen LogP contribution in [0.5, 0.6) is 0 Å². The second-order valence-electron chi connectivity index (χ2n) is 9.23. The number of rotatable bonds is 11. The Balaban J connectivity index is 1.94. The van der Waals surface area contributed by atoms with Crippen LogP contribution in [-0.4, -0.2) is 24.8 Å². The molecule has 0 aliphatic heterocycles. The van der Waals surface area contributed by atoms with Crippen molar-refractivity contribution in [1.82, 2.24) is 24.8 Å². The molecule has 0 saturated carbocycles. The van der Waals surface area contributed by atoms with Gasteiger partial charge in [-0.15, -0.1) is 5.10 Å². The average Bonchev–Trinajstić information content (AvgIpc) is 3.40. The van der Waals surface area contributed by atoms with Gasteiger partial charge in [0.1, 0.15) is 5.52 Å². The number of hydrogen-bond donors (Lipinski definition) is 0. The number of para-hydroxylation sites is 2. The highest BCUT2D eigenvalue weighted by molar-refractivity contribution is 5.74. The molecule has 2 aromatic heterocycles. The van der Waals surface area contributed by atoms with Gasteiger partial charge in [0.05, 0.1) is 22.4 Å². The van der Waals surface area contributed by atoms with Gasteiger partial charge in [-0.05, 0) is 51.0 Å². The van der Waals surface area contributed by atoms with Gasteiger partial charge in [0.2, 0.25) is 0 Å². The molecule has 2 aromatic carbocycles. The molecule has 0 unspecified atom stereocenters. The Morgan fingerprint density at radius 2 is 1.42 bits per heavy atom. The van der Waals surface area contributed by atoms with Crippen LogP contribution in [-0.2, 0) is 5.54 Å². The second-order valence-corrected chi connectivity index (χ2v) is 9.23. The topological polar surface area (TPSA) is 48.5 Å². The molecule has 5 heteroatoms. The molecule has 0 atom stereocenters. The molecule has 0 bridgehead atoms. The van der Waals surface area contributed by atoms with Gasteiger partial charge >= 0.3 is 0 Å². The van der Waals surface area contributed by atoms with Crippen molar-refractivity contribution >= 4 is 11.0 Å². The summed E-state index contributed by atoms with van der Waals surface area (Å²) in [6, 6.07) is 18.8. The first-order chi connectivity index (χ1) is 16.1. The lowest BCUT2D eigenvalue weighted by atomic mass is 9.79. The van der Waals surface area contributed by atoms with Crippen LogP contribution < -0.4 is 0 Å². The zero-order chi connectivity index (χ0) is 23.3. The molecule has 0 radical (unpaired) electrons. The van der Waals surface area contributed by atoms with E-state index in [4.69, 9.17) is 10.3 Å². The first-order valence-electron chi connectivity index (χ1n) is 12.6. The molecule has 33 heavy (non-hydrogen) atoms. The maximum absolute atomic E-state index is 5.05. The van der Waals surface area contributed by atoms with Crippen molar-refractivity contribution in [1.29, 1.82) is 0 Å². The minimum atomic E-state index is -0.262. The summed E-state index contributed by atoms with van der Waals surface area (Å²) in [5, 5.41) is 14.4. The molecule has 174 valence electrons. The SMILES string of the molecule is CCCCCC(CCCCC)(c1c(C)nn(-c2ccccc2)c1C)n1nnc2ccccc21. The van der Waals surface area contributed by atoms with Crippen LogP contribution in [0, 0.1) is 13.8 Å². The van der Waals surface area contributed by atoms with Crippen molar-refractivity contribution in [2.75, 3.05) is 0 Å². The number of aryl methyl sites for hydroxylation is 1. The summed E-state index contributed by atoms with van der Waals surface area (Å²) < 4.78 is 4.35. The second kappa shape index (κ2) is 10.3. The van der Waals surface area contributed by atoms with Gasteiger partial charge < -0.3 is 0 Å². The van der Waals surface area contributed by atoms with Gasteiger partial charge in [0.25, 0.3) is 0 Å². The zero-order valence-electron chi connectivity index (χ0n) is 20.6. The molecule has 0 N–H and O–H groups in total. The number of unbranched alkanes of at least 4 members (excludes halogenated alkanes) is 4. The number of aromatic nitrogens is 5. The van der Waals surface area contributed by atoms with E-state index < -0.39 is 0 Å². The molecule has 0 saturated heterocycles. The fourth-order valence-electron chi connectivity index (χ4n) is 5.35. The van der Waals surface area contributed by atoms with Gasteiger partial charge in [0, 0.05) is 11.3 Å². The van der Waals surface area contributed by atoms with Crippen LogP contribution in [0.25, 0.3) is 16.7 Å². The lowest BCUT2D eigenvalue weighted by Gasteiger charge is -2.36. The monoisotopic (exact) mass is 443 g/mol. The number of hydrogen-bond acceptors (Lipinski definition) is 3. The summed E-state index contributed by atoms with van der Waals surface area (Å²) in [5.41, 5.74) is 6.50. The van der Waals surface area contributed by atoms with Crippen LogP contribution in [0.1, 0.15) is 82.2 Å². The fraction of sp³-hybridized carbons (Fsp3) is 0.464. The highest BCUT2D eigenvalue weighted by Crippen LogP contribution is 2.42. The Labute approximate surface area is 197 Å². The van der Waals surface area contributed by atoms with Crippen LogP contribution in [0.15, 0.2) is 54.6 Å². The summed E-state index contributed by atoms with van der Waals surface area (Å²) in [6.45, 7) is 8.92. The van der Waals surface area contributed by atoms with Crippen LogP contribution >= 0.6 is 0 Å². The van der Waals surface area contributed by atoms with E-state index in [1.165, 1.54) is 36.9 Å². The fourth-order valence-corrected chi connectivity index (χ4v) is 5.35. The molecule has 2 heterocycles. The number of nitrogens with zero attached hydrogens (tertiary/aromatic N) is 5. The molecule has 0 aliphatic carbocycles. The molecule has 4 aromatic rings. The lowest BCUT2D eigenvalue weighted by Crippen LogP contribution is -2.37. The smallest absolute Gasteiger partial charge is 0.113 e. The van der Waals surface area contributed by atoms with E-state index in [0.717, 1.165) is 48.1 Å².